The topological polar surface area (TPSA) is 56.3 Å². The van der Waals surface area contributed by atoms with Crippen molar-refractivity contribution in [1.82, 2.24) is 24.1 Å². The van der Waals surface area contributed by atoms with Crippen LogP contribution in [0.2, 0.25) is 0 Å². The highest BCUT2D eigenvalue weighted by Crippen LogP contribution is 2.02. The van der Waals surface area contributed by atoms with Gasteiger partial charge in [0.05, 0.1) is 22.8 Å². The molecule has 0 N–H and O–H groups in total. The lowest BCUT2D eigenvalue weighted by atomic mass is 10.3. The Balaban J connectivity index is 1.22. The molecule has 0 atom stereocenters. The number of nitrogens with zero attached hydrogens (tertiary/aromatic N) is 7. The average molecular weight is 424 g/mol. The summed E-state index contributed by atoms with van der Waals surface area (Å²) in [6.45, 7) is 2.98. The van der Waals surface area contributed by atoms with Gasteiger partial charge in [0.1, 0.15) is 51.0 Å². The molecule has 0 saturated heterocycles. The second-order valence-electron chi connectivity index (χ2n) is 7.78. The Morgan fingerprint density at radius 2 is 1.09 bits per heavy atom. The zero-order valence-corrected chi connectivity index (χ0v) is 17.8. The number of rotatable bonds is 8. The maximum absolute atomic E-state index is 4.86. The van der Waals surface area contributed by atoms with Gasteiger partial charge in [-0.25, -0.2) is 23.3 Å². The van der Waals surface area contributed by atoms with Crippen molar-refractivity contribution in [1.29, 1.82) is 0 Å². The summed E-state index contributed by atoms with van der Waals surface area (Å²) in [5.74, 6) is 0. The summed E-state index contributed by atoms with van der Waals surface area (Å²) in [6.07, 6.45) is 16.1. The van der Waals surface area contributed by atoms with Crippen LogP contribution < -0.4 is 9.13 Å². The van der Waals surface area contributed by atoms with Gasteiger partial charge in [0, 0.05) is 12.4 Å². The molecule has 0 aliphatic carbocycles. The van der Waals surface area contributed by atoms with Crippen LogP contribution in [0.25, 0.3) is 0 Å². The van der Waals surface area contributed by atoms with Crippen LogP contribution in [0.5, 0.6) is 0 Å². The Bertz CT molecular complexity index is 1180. The minimum Gasteiger partial charge on any atom is -0.257 e. The number of hydrogen-bond acceptors (Lipinski definition) is 3. The fourth-order valence-electron chi connectivity index (χ4n) is 3.69. The molecule has 5 aromatic heterocycles. The number of pyridine rings is 3. The molecule has 0 aliphatic heterocycles. The smallest absolute Gasteiger partial charge is 0.244 e. The quantitative estimate of drug-likeness (QED) is 0.360. The maximum Gasteiger partial charge on any atom is 0.244 e. The van der Waals surface area contributed by atoms with E-state index in [0.29, 0.717) is 0 Å². The van der Waals surface area contributed by atoms with E-state index < -0.39 is 0 Å². The highest BCUT2D eigenvalue weighted by molar-refractivity contribution is 5.10. The molecular formula is C25H25N7+2. The van der Waals surface area contributed by atoms with Crippen LogP contribution in [-0.2, 0) is 26.2 Å². The number of imidazole rings is 2. The third-order valence-corrected chi connectivity index (χ3v) is 5.19. The predicted octanol–water partition coefficient (Wildman–Crippen LogP) is 2.24. The third-order valence-electron chi connectivity index (χ3n) is 5.19. The lowest BCUT2D eigenvalue weighted by Crippen LogP contribution is -2.34. The fraction of sp³-hybridized carbons (Fsp3) is 0.160. The van der Waals surface area contributed by atoms with Crippen molar-refractivity contribution in [2.75, 3.05) is 0 Å². The molecule has 0 unspecified atom stereocenters. The van der Waals surface area contributed by atoms with E-state index in [1.807, 2.05) is 48.8 Å². The van der Waals surface area contributed by atoms with E-state index in [4.69, 9.17) is 4.98 Å². The van der Waals surface area contributed by atoms with Gasteiger partial charge < -0.3 is 0 Å². The van der Waals surface area contributed by atoms with Crippen molar-refractivity contribution in [3.8, 4) is 0 Å². The molecular weight excluding hydrogens is 398 g/mol. The Morgan fingerprint density at radius 1 is 0.594 bits per heavy atom. The van der Waals surface area contributed by atoms with E-state index >= 15 is 0 Å². The first-order chi connectivity index (χ1) is 15.8. The number of aromatic nitrogens is 7. The number of hydrogen-bond donors (Lipinski definition) is 0. The minimum atomic E-state index is 0.731. The van der Waals surface area contributed by atoms with Gasteiger partial charge in [-0.2, -0.15) is 0 Å². The molecule has 0 bridgehead atoms. The van der Waals surface area contributed by atoms with E-state index in [1.54, 1.807) is 0 Å². The molecule has 158 valence electrons. The fourth-order valence-corrected chi connectivity index (χ4v) is 3.69. The van der Waals surface area contributed by atoms with E-state index in [-0.39, 0.29) is 0 Å². The lowest BCUT2D eigenvalue weighted by Gasteiger charge is -2.02. The van der Waals surface area contributed by atoms with Crippen molar-refractivity contribution in [2.45, 2.75) is 26.2 Å². The Kier molecular flexibility index (Phi) is 5.78. The van der Waals surface area contributed by atoms with E-state index in [0.717, 1.165) is 49.0 Å². The third kappa shape index (κ3) is 5.13. The molecule has 5 rings (SSSR count). The van der Waals surface area contributed by atoms with Crippen molar-refractivity contribution >= 4 is 0 Å². The summed E-state index contributed by atoms with van der Waals surface area (Å²) in [4.78, 5) is 13.7. The molecule has 5 aromatic rings. The molecule has 0 aliphatic rings. The van der Waals surface area contributed by atoms with Crippen LogP contribution in [-0.4, -0.2) is 24.1 Å². The Morgan fingerprint density at radius 3 is 1.56 bits per heavy atom. The van der Waals surface area contributed by atoms with Gasteiger partial charge in [-0.15, -0.1) is 0 Å². The zero-order chi connectivity index (χ0) is 21.6. The van der Waals surface area contributed by atoms with Gasteiger partial charge in [0.25, 0.3) is 0 Å². The highest BCUT2D eigenvalue weighted by atomic mass is 15.1. The normalized spacial score (nSPS) is 11.0. The molecule has 0 saturated carbocycles. The van der Waals surface area contributed by atoms with E-state index in [9.17, 15) is 0 Å². The first-order valence-electron chi connectivity index (χ1n) is 10.6. The first kappa shape index (κ1) is 19.8. The van der Waals surface area contributed by atoms with Crippen LogP contribution in [0.4, 0.5) is 0 Å². The standard InChI is InChI=1S/C25H25N7/c1-3-10-26-22(6-1)16-29-12-14-31(20-29)18-24-8-5-9-25(28-24)19-32-15-13-30(21-32)17-23-7-2-4-11-27-23/h1-15,20-21H,16-19H2/q+2. The van der Waals surface area contributed by atoms with Crippen molar-refractivity contribution < 1.29 is 9.13 Å². The molecule has 7 nitrogen and oxygen atoms in total. The van der Waals surface area contributed by atoms with Crippen molar-refractivity contribution in [2.24, 2.45) is 0 Å². The van der Waals surface area contributed by atoms with Crippen molar-refractivity contribution in [3.05, 3.63) is 127 Å². The Labute approximate surface area is 186 Å². The summed E-state index contributed by atoms with van der Waals surface area (Å²) in [5.41, 5.74) is 4.16. The molecule has 0 spiro atoms. The first-order valence-corrected chi connectivity index (χ1v) is 10.6. The molecule has 5 heterocycles. The SMILES string of the molecule is c1ccc(Cn2cc[n+](Cc3cccc(C[n+]4ccn(Cc5ccccn5)c4)n3)c2)nc1. The summed E-state index contributed by atoms with van der Waals surface area (Å²) in [7, 11) is 0. The lowest BCUT2D eigenvalue weighted by molar-refractivity contribution is -0.689. The minimum absolute atomic E-state index is 0.731. The second kappa shape index (κ2) is 9.34. The molecule has 0 aromatic carbocycles. The van der Waals surface area contributed by atoms with Gasteiger partial charge in [-0.3, -0.25) is 9.97 Å². The maximum atomic E-state index is 4.86. The monoisotopic (exact) mass is 423 g/mol. The highest BCUT2D eigenvalue weighted by Gasteiger charge is 2.10. The van der Waals surface area contributed by atoms with Crippen LogP contribution >= 0.6 is 0 Å². The van der Waals surface area contributed by atoms with Gasteiger partial charge >= 0.3 is 0 Å². The van der Waals surface area contributed by atoms with E-state index in [2.05, 4.69) is 83.9 Å². The van der Waals surface area contributed by atoms with Gasteiger partial charge in [0.15, 0.2) is 0 Å². The van der Waals surface area contributed by atoms with Crippen LogP contribution in [0, 0.1) is 0 Å². The Hall–Kier alpha value is -4.13. The van der Waals surface area contributed by atoms with Crippen molar-refractivity contribution in [3.63, 3.8) is 0 Å². The largest absolute Gasteiger partial charge is 0.257 e. The molecule has 7 heteroatoms. The molecule has 0 amide bonds. The van der Waals surface area contributed by atoms with Crippen LogP contribution in [0.15, 0.2) is 104 Å². The molecule has 0 radical (unpaired) electrons. The molecule has 0 fully saturated rings. The van der Waals surface area contributed by atoms with Gasteiger partial charge in [0.2, 0.25) is 12.7 Å². The zero-order valence-electron chi connectivity index (χ0n) is 17.8. The summed E-state index contributed by atoms with van der Waals surface area (Å²) < 4.78 is 8.55. The molecule has 32 heavy (non-hydrogen) atoms. The van der Waals surface area contributed by atoms with Gasteiger partial charge in [-0.05, 0) is 36.4 Å². The predicted molar refractivity (Wildman–Crippen MR) is 118 cm³/mol. The van der Waals surface area contributed by atoms with Crippen LogP contribution in [0.3, 0.4) is 0 Å². The van der Waals surface area contributed by atoms with Gasteiger partial charge in [-0.1, -0.05) is 18.2 Å². The summed E-state index contributed by atoms with van der Waals surface area (Å²) >= 11 is 0. The summed E-state index contributed by atoms with van der Waals surface area (Å²) in [6, 6.07) is 18.2. The van der Waals surface area contributed by atoms with Crippen LogP contribution in [0.1, 0.15) is 22.8 Å². The summed E-state index contributed by atoms with van der Waals surface area (Å²) in [5, 5.41) is 0. The average Bonchev–Trinajstić information content (AvgIpc) is 3.44. The second-order valence-corrected chi connectivity index (χ2v) is 7.78. The van der Waals surface area contributed by atoms with E-state index in [1.165, 1.54) is 0 Å².